The third-order valence-corrected chi connectivity index (χ3v) is 3.04. The van der Waals surface area contributed by atoms with E-state index in [4.69, 9.17) is 40.1 Å². The van der Waals surface area contributed by atoms with Crippen molar-refractivity contribution in [2.75, 3.05) is 13.2 Å². The van der Waals surface area contributed by atoms with Crippen molar-refractivity contribution in [1.29, 1.82) is 0 Å². The van der Waals surface area contributed by atoms with Crippen molar-refractivity contribution >= 4 is 0 Å². The van der Waals surface area contributed by atoms with Gasteiger partial charge in [-0.25, -0.2) is 0 Å². The Bertz CT molecular complexity index is 655. The molecule has 6 heteroatoms. The van der Waals surface area contributed by atoms with Crippen molar-refractivity contribution in [3.05, 3.63) is 0 Å². The number of hydrogen-bond acceptors (Lipinski definition) is 6. The van der Waals surface area contributed by atoms with E-state index in [-0.39, 0.29) is 0 Å². The van der Waals surface area contributed by atoms with Gasteiger partial charge in [-0.05, 0) is 27.4 Å². The van der Waals surface area contributed by atoms with Crippen molar-refractivity contribution in [2.45, 2.75) is 63.1 Å². The van der Waals surface area contributed by atoms with Crippen LogP contribution in [-0.2, 0) is 23.7 Å². The van der Waals surface area contributed by atoms with Gasteiger partial charge < -0.3 is 28.8 Å². The highest BCUT2D eigenvalue weighted by Crippen LogP contribution is 2.47. The highest BCUT2D eigenvalue weighted by Gasteiger charge is 2.65. The SMILES string of the molecule is [2H]C([2H])([2H])C1(C([2H])([2H])[2H])O[C@H]2[C@H](CO[C@]3(CO)OC(C([2H])([2H])[2H])(C([2H])([2H])[2H])O[C@H]23)O1. The zero-order chi connectivity index (χ0) is 23.2. The van der Waals surface area contributed by atoms with Gasteiger partial charge in [-0.3, -0.25) is 0 Å². The Labute approximate surface area is 123 Å². The van der Waals surface area contributed by atoms with Gasteiger partial charge in [0, 0.05) is 16.4 Å². The van der Waals surface area contributed by atoms with Crippen LogP contribution in [0, 0.1) is 0 Å². The Kier molecular flexibility index (Phi) is 1.00. The van der Waals surface area contributed by atoms with Crippen molar-refractivity contribution in [3.8, 4) is 0 Å². The van der Waals surface area contributed by atoms with Gasteiger partial charge in [0.05, 0.1) is 6.61 Å². The molecule has 18 heavy (non-hydrogen) atoms. The van der Waals surface area contributed by atoms with Gasteiger partial charge in [0.1, 0.15) is 24.9 Å². The molecule has 0 aromatic carbocycles. The summed E-state index contributed by atoms with van der Waals surface area (Å²) in [6.07, 6.45) is -4.84. The Morgan fingerprint density at radius 1 is 1.17 bits per heavy atom. The predicted molar refractivity (Wildman–Crippen MR) is 59.6 cm³/mol. The molecule has 6 nitrogen and oxygen atoms in total. The lowest BCUT2D eigenvalue weighted by Crippen LogP contribution is -2.60. The van der Waals surface area contributed by atoms with E-state index in [2.05, 4.69) is 0 Å². The van der Waals surface area contributed by atoms with Crippen LogP contribution in [0.4, 0.5) is 0 Å². The monoisotopic (exact) mass is 272 g/mol. The molecule has 0 aromatic heterocycles. The van der Waals surface area contributed by atoms with E-state index in [0.717, 1.165) is 0 Å². The zero-order valence-electron chi connectivity index (χ0n) is 21.1. The van der Waals surface area contributed by atoms with Crippen molar-refractivity contribution in [1.82, 2.24) is 0 Å². The molecule has 0 amide bonds. The molecule has 3 heterocycles. The van der Waals surface area contributed by atoms with Gasteiger partial charge in [0.25, 0.3) is 0 Å². The molecule has 0 radical (unpaired) electrons. The number of aliphatic hydroxyl groups excluding tert-OH is 1. The van der Waals surface area contributed by atoms with Gasteiger partial charge in [-0.2, -0.15) is 0 Å². The van der Waals surface area contributed by atoms with Crippen molar-refractivity contribution in [3.63, 3.8) is 0 Å². The van der Waals surface area contributed by atoms with Gasteiger partial charge in [0.15, 0.2) is 11.6 Å². The fraction of sp³-hybridized carbons (Fsp3) is 1.00. The highest BCUT2D eigenvalue weighted by molar-refractivity contribution is 5.03. The average molecular weight is 272 g/mol. The first-order chi connectivity index (χ1) is 13.3. The first-order valence-corrected chi connectivity index (χ1v) is 5.25. The molecular weight excluding hydrogens is 240 g/mol. The van der Waals surface area contributed by atoms with Crippen molar-refractivity contribution in [2.24, 2.45) is 0 Å². The maximum Gasteiger partial charge on any atom is 0.224 e. The van der Waals surface area contributed by atoms with Gasteiger partial charge in [-0.1, -0.05) is 0 Å². The Hall–Kier alpha value is -0.240. The minimum atomic E-state index is -3.40. The topological polar surface area (TPSA) is 66.4 Å². The second-order valence-corrected chi connectivity index (χ2v) is 4.39. The summed E-state index contributed by atoms with van der Waals surface area (Å²) in [5.41, 5.74) is 0. The van der Waals surface area contributed by atoms with E-state index >= 15 is 0 Å². The quantitative estimate of drug-likeness (QED) is 0.744. The van der Waals surface area contributed by atoms with E-state index in [9.17, 15) is 5.11 Å². The summed E-state index contributed by atoms with van der Waals surface area (Å²) in [5.74, 6) is -8.73. The molecule has 3 saturated heterocycles. The summed E-state index contributed by atoms with van der Waals surface area (Å²) >= 11 is 0. The normalized spacial score (nSPS) is 61.5. The molecule has 3 aliphatic rings. The summed E-state index contributed by atoms with van der Waals surface area (Å²) in [6, 6.07) is 0. The Morgan fingerprint density at radius 2 is 1.94 bits per heavy atom. The number of hydrogen-bond donors (Lipinski definition) is 1. The summed E-state index contributed by atoms with van der Waals surface area (Å²) in [6.45, 7) is -15.1. The molecule has 3 fully saturated rings. The fourth-order valence-corrected chi connectivity index (χ4v) is 2.38. The van der Waals surface area contributed by atoms with Gasteiger partial charge in [0.2, 0.25) is 5.79 Å². The van der Waals surface area contributed by atoms with E-state index in [1.807, 2.05) is 0 Å². The van der Waals surface area contributed by atoms with Crippen LogP contribution >= 0.6 is 0 Å². The van der Waals surface area contributed by atoms with E-state index in [0.29, 0.717) is 0 Å². The third kappa shape index (κ3) is 1.79. The predicted octanol–water partition coefficient (Wildman–Crippen LogP) is 0.377. The lowest BCUT2D eigenvalue weighted by Gasteiger charge is -2.39. The number of ether oxygens (including phenoxy) is 5. The number of rotatable bonds is 1. The number of fused-ring (bicyclic) bond motifs is 3. The van der Waals surface area contributed by atoms with E-state index in [1.165, 1.54) is 0 Å². The lowest BCUT2D eigenvalue weighted by molar-refractivity contribution is -0.294. The van der Waals surface area contributed by atoms with Crippen LogP contribution in [0.1, 0.15) is 43.9 Å². The first-order valence-electron chi connectivity index (χ1n) is 11.3. The maximum atomic E-state index is 9.87. The summed E-state index contributed by atoms with van der Waals surface area (Å²) in [7, 11) is 0. The van der Waals surface area contributed by atoms with Crippen LogP contribution in [0.15, 0.2) is 0 Å². The average Bonchev–Trinajstić information content (AvgIpc) is 3.10. The molecule has 1 N–H and O–H groups in total. The van der Waals surface area contributed by atoms with E-state index in [1.54, 1.807) is 0 Å². The smallest absolute Gasteiger partial charge is 0.224 e. The van der Waals surface area contributed by atoms with E-state index < -0.39 is 76.3 Å². The number of aliphatic hydroxyl groups is 1. The zero-order valence-corrected chi connectivity index (χ0v) is 9.13. The molecule has 0 aliphatic carbocycles. The minimum Gasteiger partial charge on any atom is -0.391 e. The molecule has 0 bridgehead atoms. The molecular formula is C12H20O6. The second kappa shape index (κ2) is 3.65. The first kappa shape index (κ1) is 4.95. The van der Waals surface area contributed by atoms with Crippen LogP contribution in [0.2, 0.25) is 0 Å². The van der Waals surface area contributed by atoms with Crippen molar-refractivity contribution < 1.29 is 45.2 Å². The summed E-state index contributed by atoms with van der Waals surface area (Å²) < 4.78 is 118. The maximum absolute atomic E-state index is 9.87. The molecule has 3 aliphatic heterocycles. The second-order valence-electron chi connectivity index (χ2n) is 4.39. The Balaban J connectivity index is 2.09. The van der Waals surface area contributed by atoms with Crippen LogP contribution in [0.25, 0.3) is 0 Å². The van der Waals surface area contributed by atoms with Crippen LogP contribution < -0.4 is 0 Å². The van der Waals surface area contributed by atoms with Gasteiger partial charge in [-0.15, -0.1) is 0 Å². The lowest BCUT2D eigenvalue weighted by atomic mass is 9.98. The molecule has 4 atom stereocenters. The van der Waals surface area contributed by atoms with Crippen LogP contribution in [0.5, 0.6) is 0 Å². The fourth-order valence-electron chi connectivity index (χ4n) is 2.38. The molecule has 0 spiro atoms. The van der Waals surface area contributed by atoms with Gasteiger partial charge >= 0.3 is 0 Å². The summed E-state index contributed by atoms with van der Waals surface area (Å²) in [4.78, 5) is 0. The standard InChI is InChI=1S/C12H20O6/c1-10(2)15-7-5-14-12(6-13)9(8(7)16-10)17-11(3,4)18-12/h7-9,13H,5-6H2,1-4H3/t7-,8-,9+,12+/m0/s1/i1D3,2D3,3D3,4D3. The molecule has 3 rings (SSSR count). The third-order valence-electron chi connectivity index (χ3n) is 3.04. The Morgan fingerprint density at radius 3 is 2.61 bits per heavy atom. The highest BCUT2D eigenvalue weighted by atomic mass is 16.9. The molecule has 0 unspecified atom stereocenters. The van der Waals surface area contributed by atoms with Crippen LogP contribution in [0.3, 0.4) is 0 Å². The molecule has 0 aromatic rings. The van der Waals surface area contributed by atoms with Crippen LogP contribution in [-0.4, -0.2) is 54.0 Å². The minimum absolute atomic E-state index is 0.586. The largest absolute Gasteiger partial charge is 0.391 e. The molecule has 0 saturated carbocycles. The molecule has 104 valence electrons. The summed E-state index contributed by atoms with van der Waals surface area (Å²) in [5, 5.41) is 9.87.